The summed E-state index contributed by atoms with van der Waals surface area (Å²) in [7, 11) is -3.20. The van der Waals surface area contributed by atoms with Crippen molar-refractivity contribution in [1.82, 2.24) is 19.2 Å². The number of amides is 1. The van der Waals surface area contributed by atoms with Crippen LogP contribution in [0, 0.1) is 0 Å². The number of sulfonamides is 1. The maximum atomic E-state index is 12.5. The van der Waals surface area contributed by atoms with Crippen molar-refractivity contribution in [2.45, 2.75) is 6.92 Å². The van der Waals surface area contributed by atoms with Crippen molar-refractivity contribution in [1.29, 1.82) is 0 Å². The third-order valence-electron chi connectivity index (χ3n) is 3.95. The summed E-state index contributed by atoms with van der Waals surface area (Å²) in [6.07, 6.45) is 1.47. The van der Waals surface area contributed by atoms with Gasteiger partial charge in [0.2, 0.25) is 10.0 Å². The van der Waals surface area contributed by atoms with Gasteiger partial charge in [-0.2, -0.15) is 4.31 Å². The topological polar surface area (TPSA) is 83.5 Å². The van der Waals surface area contributed by atoms with Crippen LogP contribution in [0.4, 0.5) is 0 Å². The lowest BCUT2D eigenvalue weighted by Gasteiger charge is -2.33. The first-order chi connectivity index (χ1) is 11.0. The number of piperazine rings is 1. The number of fused-ring (bicyclic) bond motifs is 1. The van der Waals surface area contributed by atoms with Crippen LogP contribution in [0.15, 0.2) is 30.5 Å². The molecular weight excluding hydrogens is 316 g/mol. The summed E-state index contributed by atoms with van der Waals surface area (Å²) in [6.45, 7) is 3.00. The van der Waals surface area contributed by atoms with E-state index in [2.05, 4.69) is 9.97 Å². The standard InChI is InChI=1S/C15H18N4O3S/c1-2-23(21,22)19-9-7-18(8-10-19)15(20)14-11-16-12-5-3-4-6-13(12)17-14/h3-6,11H,2,7-10H2,1H3. The maximum absolute atomic E-state index is 12.5. The van der Waals surface area contributed by atoms with E-state index in [1.807, 2.05) is 24.3 Å². The van der Waals surface area contributed by atoms with Crippen LogP contribution in [-0.2, 0) is 10.0 Å². The Morgan fingerprint density at radius 2 is 1.78 bits per heavy atom. The van der Waals surface area contributed by atoms with Crippen LogP contribution in [-0.4, -0.2) is 65.4 Å². The zero-order chi connectivity index (χ0) is 16.4. The molecule has 1 aliphatic heterocycles. The minimum Gasteiger partial charge on any atom is -0.335 e. The molecule has 7 nitrogen and oxygen atoms in total. The molecule has 1 aromatic heterocycles. The van der Waals surface area contributed by atoms with Crippen LogP contribution < -0.4 is 0 Å². The Morgan fingerprint density at radius 3 is 2.43 bits per heavy atom. The molecule has 0 radical (unpaired) electrons. The normalized spacial score (nSPS) is 16.7. The number of hydrogen-bond acceptors (Lipinski definition) is 5. The molecule has 23 heavy (non-hydrogen) atoms. The molecule has 1 aromatic carbocycles. The summed E-state index contributed by atoms with van der Waals surface area (Å²) in [4.78, 5) is 22.7. The molecule has 1 fully saturated rings. The third kappa shape index (κ3) is 3.18. The third-order valence-corrected chi connectivity index (χ3v) is 5.83. The first-order valence-corrected chi connectivity index (χ1v) is 9.11. The largest absolute Gasteiger partial charge is 0.335 e. The SMILES string of the molecule is CCS(=O)(=O)N1CCN(C(=O)c2cnc3ccccc3n2)CC1. The van der Waals surface area contributed by atoms with E-state index in [4.69, 9.17) is 0 Å². The van der Waals surface area contributed by atoms with Gasteiger partial charge in [-0.15, -0.1) is 0 Å². The van der Waals surface area contributed by atoms with E-state index in [9.17, 15) is 13.2 Å². The quantitative estimate of drug-likeness (QED) is 0.826. The highest BCUT2D eigenvalue weighted by molar-refractivity contribution is 7.89. The Bertz CT molecular complexity index is 829. The number of nitrogens with zero attached hydrogens (tertiary/aromatic N) is 4. The van der Waals surface area contributed by atoms with Crippen LogP contribution in [0.1, 0.15) is 17.4 Å². The van der Waals surface area contributed by atoms with Crippen molar-refractivity contribution in [2.75, 3.05) is 31.9 Å². The van der Waals surface area contributed by atoms with Gasteiger partial charge in [0, 0.05) is 26.2 Å². The fraction of sp³-hybridized carbons (Fsp3) is 0.400. The average molecular weight is 334 g/mol. The Balaban J connectivity index is 1.74. The number of rotatable bonds is 3. The zero-order valence-corrected chi connectivity index (χ0v) is 13.7. The molecule has 2 heterocycles. The summed E-state index contributed by atoms with van der Waals surface area (Å²) >= 11 is 0. The van der Waals surface area contributed by atoms with Crippen LogP contribution in [0.5, 0.6) is 0 Å². The second-order valence-corrected chi connectivity index (χ2v) is 7.59. The Kier molecular flexibility index (Phi) is 4.27. The lowest BCUT2D eigenvalue weighted by atomic mass is 10.2. The number of aromatic nitrogens is 2. The molecule has 0 bridgehead atoms. The Labute approximate surface area is 135 Å². The minimum atomic E-state index is -3.20. The molecular formula is C15H18N4O3S. The van der Waals surface area contributed by atoms with E-state index in [1.54, 1.807) is 11.8 Å². The lowest BCUT2D eigenvalue weighted by Crippen LogP contribution is -2.51. The fourth-order valence-corrected chi connectivity index (χ4v) is 3.66. The highest BCUT2D eigenvalue weighted by atomic mass is 32.2. The van der Waals surface area contributed by atoms with Crippen LogP contribution in [0.2, 0.25) is 0 Å². The van der Waals surface area contributed by atoms with E-state index < -0.39 is 10.0 Å². The summed E-state index contributed by atoms with van der Waals surface area (Å²) < 4.78 is 25.1. The molecule has 8 heteroatoms. The number of hydrogen-bond donors (Lipinski definition) is 0. The van der Waals surface area contributed by atoms with Gasteiger partial charge in [-0.05, 0) is 19.1 Å². The highest BCUT2D eigenvalue weighted by Crippen LogP contribution is 2.13. The summed E-state index contributed by atoms with van der Waals surface area (Å²) in [5.41, 5.74) is 1.70. The van der Waals surface area contributed by atoms with Gasteiger partial charge in [0.25, 0.3) is 5.91 Å². The van der Waals surface area contributed by atoms with Gasteiger partial charge in [0.05, 0.1) is 23.0 Å². The molecule has 1 amide bonds. The summed E-state index contributed by atoms with van der Waals surface area (Å²) in [5.74, 6) is -0.131. The number of carbonyl (C=O) groups is 1. The molecule has 0 N–H and O–H groups in total. The Hall–Kier alpha value is -2.06. The van der Waals surface area contributed by atoms with Gasteiger partial charge in [-0.25, -0.2) is 13.4 Å². The lowest BCUT2D eigenvalue weighted by molar-refractivity contribution is 0.0692. The van der Waals surface area contributed by atoms with Gasteiger partial charge in [0.15, 0.2) is 0 Å². The van der Waals surface area contributed by atoms with Gasteiger partial charge in [0.1, 0.15) is 5.69 Å². The van der Waals surface area contributed by atoms with Gasteiger partial charge >= 0.3 is 0 Å². The van der Waals surface area contributed by atoms with E-state index in [1.165, 1.54) is 10.5 Å². The van der Waals surface area contributed by atoms with Gasteiger partial charge in [-0.3, -0.25) is 9.78 Å². The van der Waals surface area contributed by atoms with E-state index in [0.717, 1.165) is 5.52 Å². The van der Waals surface area contributed by atoms with Gasteiger partial charge in [-0.1, -0.05) is 12.1 Å². The minimum absolute atomic E-state index is 0.0805. The second kappa shape index (κ2) is 6.21. The maximum Gasteiger partial charge on any atom is 0.274 e. The van der Waals surface area contributed by atoms with Crippen molar-refractivity contribution in [3.05, 3.63) is 36.2 Å². The molecule has 0 unspecified atom stereocenters. The van der Waals surface area contributed by atoms with E-state index in [-0.39, 0.29) is 17.4 Å². The van der Waals surface area contributed by atoms with E-state index >= 15 is 0 Å². The van der Waals surface area contributed by atoms with Crippen molar-refractivity contribution in [3.63, 3.8) is 0 Å². The number of para-hydroxylation sites is 2. The molecule has 122 valence electrons. The number of benzene rings is 1. The van der Waals surface area contributed by atoms with Crippen molar-refractivity contribution in [3.8, 4) is 0 Å². The van der Waals surface area contributed by atoms with Crippen LogP contribution in [0.3, 0.4) is 0 Å². The molecule has 0 spiro atoms. The summed E-state index contributed by atoms with van der Waals surface area (Å²) in [6, 6.07) is 7.36. The van der Waals surface area contributed by atoms with Crippen LogP contribution in [0.25, 0.3) is 11.0 Å². The average Bonchev–Trinajstić information content (AvgIpc) is 2.60. The molecule has 0 atom stereocenters. The molecule has 1 saturated heterocycles. The first-order valence-electron chi connectivity index (χ1n) is 7.50. The van der Waals surface area contributed by atoms with Crippen molar-refractivity contribution < 1.29 is 13.2 Å². The first kappa shape index (κ1) is 15.8. The predicted molar refractivity (Wildman–Crippen MR) is 86.5 cm³/mol. The van der Waals surface area contributed by atoms with Crippen LogP contribution >= 0.6 is 0 Å². The fourth-order valence-electron chi connectivity index (χ4n) is 2.57. The molecule has 2 aromatic rings. The molecule has 0 aliphatic carbocycles. The smallest absolute Gasteiger partial charge is 0.274 e. The molecule has 0 saturated carbocycles. The second-order valence-electron chi connectivity index (χ2n) is 5.34. The van der Waals surface area contributed by atoms with Crippen molar-refractivity contribution in [2.24, 2.45) is 0 Å². The summed E-state index contributed by atoms with van der Waals surface area (Å²) in [5, 5.41) is 0. The molecule has 1 aliphatic rings. The highest BCUT2D eigenvalue weighted by Gasteiger charge is 2.28. The number of carbonyl (C=O) groups excluding carboxylic acids is 1. The Morgan fingerprint density at radius 1 is 1.13 bits per heavy atom. The van der Waals surface area contributed by atoms with Gasteiger partial charge < -0.3 is 4.90 Å². The van der Waals surface area contributed by atoms with E-state index in [0.29, 0.717) is 31.7 Å². The molecule has 3 rings (SSSR count). The predicted octanol–water partition coefficient (Wildman–Crippen LogP) is 0.737. The monoisotopic (exact) mass is 334 g/mol. The zero-order valence-electron chi connectivity index (χ0n) is 12.8. The van der Waals surface area contributed by atoms with Crippen molar-refractivity contribution >= 4 is 27.0 Å².